The maximum absolute atomic E-state index is 11.8. The van der Waals surface area contributed by atoms with Crippen molar-refractivity contribution in [2.75, 3.05) is 26.4 Å². The van der Waals surface area contributed by atoms with Crippen LogP contribution in [-0.4, -0.2) is 38.4 Å². The van der Waals surface area contributed by atoms with Gasteiger partial charge in [-0.1, -0.05) is 60.7 Å². The minimum atomic E-state index is -0.794. The van der Waals surface area contributed by atoms with Gasteiger partial charge in [-0.15, -0.1) is 0 Å². The fourth-order valence-electron chi connectivity index (χ4n) is 2.55. The van der Waals surface area contributed by atoms with Gasteiger partial charge in [-0.25, -0.2) is 9.59 Å². The van der Waals surface area contributed by atoms with Crippen LogP contribution < -0.4 is 0 Å². The maximum atomic E-state index is 11.8. The quantitative estimate of drug-likeness (QED) is 0.260. The third kappa shape index (κ3) is 8.76. The van der Waals surface area contributed by atoms with Crippen LogP contribution in [0.4, 0.5) is 0 Å². The van der Waals surface area contributed by atoms with Crippen LogP contribution >= 0.6 is 0 Å². The van der Waals surface area contributed by atoms with Crippen molar-refractivity contribution in [3.05, 3.63) is 71.8 Å². The fraction of sp³-hybridized carbons (Fsp3) is 0.417. The largest absolute Gasteiger partial charge is 0.367 e. The molecule has 0 aliphatic rings. The standard InChI is InChI=1S/C24H30O8/c1-23(2,19-11-7-5-8-12-19)31-29-21(25)17-27-15-16-28-18-22(26)30-32-24(3,4)20-13-9-6-10-14-20/h5-14H,15-18H2,1-4H3. The summed E-state index contributed by atoms with van der Waals surface area (Å²) in [5, 5.41) is 0. The molecule has 2 aromatic carbocycles. The Kier molecular flexibility index (Phi) is 9.80. The third-order valence-electron chi connectivity index (χ3n) is 4.44. The molecular weight excluding hydrogens is 416 g/mol. The van der Waals surface area contributed by atoms with Gasteiger partial charge in [0.25, 0.3) is 0 Å². The topological polar surface area (TPSA) is 89.5 Å². The summed E-state index contributed by atoms with van der Waals surface area (Å²) in [6.45, 7) is 6.69. The normalized spacial score (nSPS) is 11.8. The summed E-state index contributed by atoms with van der Waals surface area (Å²) >= 11 is 0. The molecule has 0 saturated heterocycles. The minimum Gasteiger partial charge on any atom is -0.367 e. The van der Waals surface area contributed by atoms with Gasteiger partial charge in [0, 0.05) is 0 Å². The van der Waals surface area contributed by atoms with Gasteiger partial charge >= 0.3 is 11.9 Å². The van der Waals surface area contributed by atoms with Crippen molar-refractivity contribution in [3.63, 3.8) is 0 Å². The van der Waals surface area contributed by atoms with E-state index in [1.54, 1.807) is 27.7 Å². The number of carbonyl (C=O) groups is 2. The molecule has 0 unspecified atom stereocenters. The second-order valence-electron chi connectivity index (χ2n) is 7.94. The molecule has 0 heterocycles. The molecule has 0 atom stereocenters. The maximum Gasteiger partial charge on any atom is 0.367 e. The molecule has 2 rings (SSSR count). The lowest BCUT2D eigenvalue weighted by molar-refractivity contribution is -0.332. The predicted molar refractivity (Wildman–Crippen MR) is 115 cm³/mol. The van der Waals surface area contributed by atoms with Gasteiger partial charge in [-0.3, -0.25) is 9.78 Å². The molecule has 2 aromatic rings. The second-order valence-corrected chi connectivity index (χ2v) is 7.94. The van der Waals surface area contributed by atoms with Crippen LogP contribution in [-0.2, 0) is 49.8 Å². The van der Waals surface area contributed by atoms with Crippen molar-refractivity contribution in [2.45, 2.75) is 38.9 Å². The van der Waals surface area contributed by atoms with Crippen molar-refractivity contribution in [1.82, 2.24) is 0 Å². The minimum absolute atomic E-state index is 0.0842. The highest BCUT2D eigenvalue weighted by molar-refractivity contribution is 5.70. The Morgan fingerprint density at radius 1 is 0.625 bits per heavy atom. The highest BCUT2D eigenvalue weighted by Gasteiger charge is 2.25. The lowest BCUT2D eigenvalue weighted by atomic mass is 9.99. The van der Waals surface area contributed by atoms with Gasteiger partial charge < -0.3 is 9.47 Å². The molecule has 0 amide bonds. The molecule has 0 saturated carbocycles. The molecule has 0 N–H and O–H groups in total. The summed E-state index contributed by atoms with van der Waals surface area (Å²) in [4.78, 5) is 43.6. The molecule has 32 heavy (non-hydrogen) atoms. The molecule has 0 aromatic heterocycles. The van der Waals surface area contributed by atoms with E-state index in [2.05, 4.69) is 0 Å². The number of rotatable bonds is 13. The monoisotopic (exact) mass is 446 g/mol. The van der Waals surface area contributed by atoms with Crippen molar-refractivity contribution >= 4 is 11.9 Å². The molecule has 0 aliphatic carbocycles. The number of hydrogen-bond acceptors (Lipinski definition) is 8. The molecule has 174 valence electrons. The van der Waals surface area contributed by atoms with Crippen LogP contribution in [0.5, 0.6) is 0 Å². The fourth-order valence-corrected chi connectivity index (χ4v) is 2.55. The molecule has 8 heteroatoms. The number of carbonyl (C=O) groups excluding carboxylic acids is 2. The SMILES string of the molecule is CC(C)(OOC(=O)COCCOCC(=O)OOC(C)(C)c1ccccc1)c1ccccc1. The summed E-state index contributed by atoms with van der Waals surface area (Å²) in [5.74, 6) is -1.35. The van der Waals surface area contributed by atoms with E-state index in [0.29, 0.717) is 0 Å². The van der Waals surface area contributed by atoms with Crippen LogP contribution in [0.1, 0.15) is 38.8 Å². The predicted octanol–water partition coefficient (Wildman–Crippen LogP) is 3.84. The summed E-state index contributed by atoms with van der Waals surface area (Å²) in [6, 6.07) is 18.8. The van der Waals surface area contributed by atoms with Gasteiger partial charge in [0.1, 0.15) is 24.4 Å². The Hall–Kier alpha value is -2.78. The summed E-state index contributed by atoms with van der Waals surface area (Å²) in [7, 11) is 0. The molecule has 0 fully saturated rings. The zero-order valence-electron chi connectivity index (χ0n) is 18.9. The van der Waals surface area contributed by atoms with Crippen molar-refractivity contribution < 1.29 is 38.6 Å². The lowest BCUT2D eigenvalue weighted by Crippen LogP contribution is -2.26. The van der Waals surface area contributed by atoms with E-state index in [4.69, 9.17) is 29.0 Å². The smallest absolute Gasteiger partial charge is 0.367 e. The van der Waals surface area contributed by atoms with Gasteiger partial charge in [0.15, 0.2) is 0 Å². The Bertz CT molecular complexity index is 762. The summed E-state index contributed by atoms with van der Waals surface area (Å²) < 4.78 is 10.3. The molecule has 0 radical (unpaired) electrons. The van der Waals surface area contributed by atoms with Crippen molar-refractivity contribution in [3.8, 4) is 0 Å². The van der Waals surface area contributed by atoms with E-state index in [1.165, 1.54) is 0 Å². The van der Waals surface area contributed by atoms with Crippen LogP contribution in [0.15, 0.2) is 60.7 Å². The third-order valence-corrected chi connectivity index (χ3v) is 4.44. The average molecular weight is 446 g/mol. The first kappa shape index (κ1) is 25.5. The Labute approximate surface area is 188 Å². The van der Waals surface area contributed by atoms with E-state index < -0.39 is 23.1 Å². The first-order valence-corrected chi connectivity index (χ1v) is 10.2. The van der Waals surface area contributed by atoms with Crippen LogP contribution in [0, 0.1) is 0 Å². The van der Waals surface area contributed by atoms with E-state index in [1.807, 2.05) is 60.7 Å². The number of benzene rings is 2. The Morgan fingerprint density at radius 2 is 0.969 bits per heavy atom. The van der Waals surface area contributed by atoms with Gasteiger partial charge in [-0.2, -0.15) is 9.78 Å². The van der Waals surface area contributed by atoms with E-state index in [-0.39, 0.29) is 26.4 Å². The van der Waals surface area contributed by atoms with E-state index in [9.17, 15) is 9.59 Å². The Balaban J connectivity index is 1.54. The van der Waals surface area contributed by atoms with Crippen LogP contribution in [0.3, 0.4) is 0 Å². The van der Waals surface area contributed by atoms with Gasteiger partial charge in [0.05, 0.1) is 13.2 Å². The van der Waals surface area contributed by atoms with E-state index >= 15 is 0 Å². The molecular formula is C24H30O8. The Morgan fingerprint density at radius 3 is 1.31 bits per heavy atom. The van der Waals surface area contributed by atoms with Crippen molar-refractivity contribution in [2.24, 2.45) is 0 Å². The van der Waals surface area contributed by atoms with Gasteiger partial charge in [-0.05, 0) is 38.8 Å². The zero-order chi connectivity index (χ0) is 23.5. The molecule has 0 bridgehead atoms. The first-order chi connectivity index (χ1) is 15.2. The van der Waals surface area contributed by atoms with E-state index in [0.717, 1.165) is 11.1 Å². The van der Waals surface area contributed by atoms with Gasteiger partial charge in [0.2, 0.25) is 0 Å². The van der Waals surface area contributed by atoms with Crippen molar-refractivity contribution in [1.29, 1.82) is 0 Å². The highest BCUT2D eigenvalue weighted by atomic mass is 17.2. The first-order valence-electron chi connectivity index (χ1n) is 10.2. The molecule has 0 spiro atoms. The molecule has 0 aliphatic heterocycles. The number of hydrogen-bond donors (Lipinski definition) is 0. The summed E-state index contributed by atoms with van der Waals surface area (Å²) in [5.41, 5.74) is 0.144. The zero-order valence-corrected chi connectivity index (χ0v) is 18.9. The van der Waals surface area contributed by atoms with Crippen LogP contribution in [0.2, 0.25) is 0 Å². The average Bonchev–Trinajstić information content (AvgIpc) is 2.80. The number of ether oxygens (including phenoxy) is 2. The second kappa shape index (κ2) is 12.3. The highest BCUT2D eigenvalue weighted by Crippen LogP contribution is 2.25. The lowest BCUT2D eigenvalue weighted by Gasteiger charge is -2.23. The molecule has 8 nitrogen and oxygen atoms in total. The van der Waals surface area contributed by atoms with Crippen LogP contribution in [0.25, 0.3) is 0 Å². The summed E-state index contributed by atoms with van der Waals surface area (Å²) in [6.07, 6.45) is 0.